The largest absolute Gasteiger partial charge is 0.300 e. The molecule has 0 amide bonds. The van der Waals surface area contributed by atoms with Crippen LogP contribution in [0.15, 0.2) is 23.1 Å². The van der Waals surface area contributed by atoms with Gasteiger partial charge in [0.2, 0.25) is 0 Å². The van der Waals surface area contributed by atoms with E-state index >= 15 is 0 Å². The van der Waals surface area contributed by atoms with E-state index in [4.69, 9.17) is 0 Å². The molecule has 3 heteroatoms. The molecule has 0 aliphatic rings. The Kier molecular flexibility index (Phi) is 4.00. The van der Waals surface area contributed by atoms with Crippen molar-refractivity contribution in [1.82, 2.24) is 0 Å². The maximum absolute atomic E-state index is 10.9. The zero-order valence-electron chi connectivity index (χ0n) is 7.38. The topological polar surface area (TPSA) is 17.1 Å². The van der Waals surface area contributed by atoms with Crippen LogP contribution in [0.4, 0.5) is 0 Å². The Bertz CT molecular complexity index is 323. The van der Waals surface area contributed by atoms with E-state index in [1.165, 1.54) is 0 Å². The molecule has 0 spiro atoms. The molecule has 0 aliphatic carbocycles. The first kappa shape index (κ1) is 10.8. The second-order valence-electron chi connectivity index (χ2n) is 2.97. The Morgan fingerprint density at radius 1 is 1.46 bits per heavy atom. The molecule has 0 N–H and O–H groups in total. The molecule has 0 saturated carbocycles. The van der Waals surface area contributed by atoms with Crippen LogP contribution in [-0.2, 0) is 16.5 Å². The molecule has 70 valence electrons. The molecule has 0 aliphatic heterocycles. The van der Waals surface area contributed by atoms with E-state index in [0.717, 1.165) is 21.4 Å². The molecule has 0 bridgehead atoms. The minimum absolute atomic E-state index is 0.189. The fourth-order valence-electron chi connectivity index (χ4n) is 1.18. The van der Waals surface area contributed by atoms with Crippen LogP contribution in [0.3, 0.4) is 0 Å². The summed E-state index contributed by atoms with van der Waals surface area (Å²) in [6, 6.07) is 5.85. The normalized spacial score (nSPS) is 10.1. The monoisotopic (exact) mass is 258 g/mol. The summed E-state index contributed by atoms with van der Waals surface area (Å²) in [5.41, 5.74) is 2.23. The highest BCUT2D eigenvalue weighted by atomic mass is 79.9. The smallest absolute Gasteiger partial charge is 0.134 e. The number of carbonyl (C=O) groups is 1. The molecule has 1 rings (SSSR count). The molecule has 0 heterocycles. The van der Waals surface area contributed by atoms with Crippen molar-refractivity contribution in [2.75, 3.05) is 0 Å². The average molecular weight is 259 g/mol. The van der Waals surface area contributed by atoms with E-state index in [2.05, 4.69) is 28.6 Å². The van der Waals surface area contributed by atoms with Gasteiger partial charge in [-0.1, -0.05) is 22.0 Å². The van der Waals surface area contributed by atoms with Crippen molar-refractivity contribution in [2.24, 2.45) is 0 Å². The van der Waals surface area contributed by atoms with Gasteiger partial charge in [-0.2, -0.15) is 0 Å². The first-order valence-electron chi connectivity index (χ1n) is 3.99. The van der Waals surface area contributed by atoms with Crippen molar-refractivity contribution < 1.29 is 4.79 Å². The van der Waals surface area contributed by atoms with Gasteiger partial charge < -0.3 is 0 Å². The average Bonchev–Trinajstić information content (AvgIpc) is 2.07. The Morgan fingerprint density at radius 2 is 2.15 bits per heavy atom. The van der Waals surface area contributed by atoms with Crippen LogP contribution >= 0.6 is 28.6 Å². The number of carbonyl (C=O) groups excluding carboxylic acids is 1. The highest BCUT2D eigenvalue weighted by molar-refractivity contribution is 9.08. The number of hydrogen-bond acceptors (Lipinski definition) is 2. The van der Waals surface area contributed by atoms with E-state index in [0.29, 0.717) is 6.42 Å². The van der Waals surface area contributed by atoms with Gasteiger partial charge in [-0.15, -0.1) is 12.6 Å². The molecule has 1 aromatic carbocycles. The number of rotatable bonds is 3. The molecule has 0 saturated heterocycles. The van der Waals surface area contributed by atoms with Gasteiger partial charge in [0, 0.05) is 16.6 Å². The van der Waals surface area contributed by atoms with Crippen molar-refractivity contribution >= 4 is 34.3 Å². The van der Waals surface area contributed by atoms with Crippen molar-refractivity contribution in [3.63, 3.8) is 0 Å². The number of benzene rings is 1. The lowest BCUT2D eigenvalue weighted by Crippen LogP contribution is -1.99. The molecule has 1 aromatic rings. The van der Waals surface area contributed by atoms with Crippen LogP contribution in [0, 0.1) is 0 Å². The van der Waals surface area contributed by atoms with Gasteiger partial charge in [-0.25, -0.2) is 0 Å². The van der Waals surface area contributed by atoms with Crippen molar-refractivity contribution in [2.45, 2.75) is 23.6 Å². The molecule has 0 atom stereocenters. The lowest BCUT2D eigenvalue weighted by Gasteiger charge is -2.05. The molecule has 13 heavy (non-hydrogen) atoms. The first-order valence-corrected chi connectivity index (χ1v) is 5.56. The van der Waals surface area contributed by atoms with Gasteiger partial charge >= 0.3 is 0 Å². The van der Waals surface area contributed by atoms with E-state index in [1.54, 1.807) is 6.92 Å². The van der Waals surface area contributed by atoms with Crippen LogP contribution < -0.4 is 0 Å². The zero-order valence-corrected chi connectivity index (χ0v) is 9.86. The second kappa shape index (κ2) is 4.82. The molecular formula is C10H11BrOS. The summed E-state index contributed by atoms with van der Waals surface area (Å²) in [6.45, 7) is 1.60. The molecule has 0 fully saturated rings. The summed E-state index contributed by atoms with van der Waals surface area (Å²) in [4.78, 5) is 11.9. The van der Waals surface area contributed by atoms with E-state index in [9.17, 15) is 4.79 Å². The Hall–Kier alpha value is -0.280. The lowest BCUT2D eigenvalue weighted by molar-refractivity contribution is -0.116. The summed E-state index contributed by atoms with van der Waals surface area (Å²) in [5.74, 6) is 0.189. The van der Waals surface area contributed by atoms with Gasteiger partial charge in [0.15, 0.2) is 0 Å². The van der Waals surface area contributed by atoms with Crippen LogP contribution in [0.5, 0.6) is 0 Å². The van der Waals surface area contributed by atoms with Gasteiger partial charge in [0.05, 0.1) is 0 Å². The standard InChI is InChI=1S/C10H11BrOS/c1-7(12)4-8-2-3-10(13)5-9(8)6-11/h2-3,5,13H,4,6H2,1H3. The number of thiol groups is 1. The Labute approximate surface area is 92.1 Å². The van der Waals surface area contributed by atoms with Crippen molar-refractivity contribution in [3.8, 4) is 0 Å². The molecular weight excluding hydrogens is 248 g/mol. The third-order valence-corrected chi connectivity index (χ3v) is 2.66. The third-order valence-electron chi connectivity index (χ3n) is 1.77. The van der Waals surface area contributed by atoms with E-state index in [1.807, 2.05) is 18.2 Å². The van der Waals surface area contributed by atoms with Crippen LogP contribution in [-0.4, -0.2) is 5.78 Å². The highest BCUT2D eigenvalue weighted by Gasteiger charge is 2.03. The summed E-state index contributed by atoms with van der Waals surface area (Å²) in [6.07, 6.45) is 0.509. The molecule has 1 nitrogen and oxygen atoms in total. The van der Waals surface area contributed by atoms with Gasteiger partial charge in [0.1, 0.15) is 5.78 Å². The number of halogens is 1. The number of Topliss-reactive ketones (excluding diaryl/α,β-unsaturated/α-hetero) is 1. The predicted molar refractivity (Wildman–Crippen MR) is 60.7 cm³/mol. The molecule has 0 aromatic heterocycles. The maximum atomic E-state index is 10.9. The summed E-state index contributed by atoms with van der Waals surface area (Å²) in [7, 11) is 0. The quantitative estimate of drug-likeness (QED) is 0.652. The van der Waals surface area contributed by atoms with E-state index < -0.39 is 0 Å². The SMILES string of the molecule is CC(=O)Cc1ccc(S)cc1CBr. The molecule has 0 radical (unpaired) electrons. The van der Waals surface area contributed by atoms with Crippen LogP contribution in [0.2, 0.25) is 0 Å². The summed E-state index contributed by atoms with van der Waals surface area (Å²) in [5, 5.41) is 0.768. The minimum atomic E-state index is 0.189. The highest BCUT2D eigenvalue weighted by Crippen LogP contribution is 2.18. The number of hydrogen-bond donors (Lipinski definition) is 1. The number of alkyl halides is 1. The van der Waals surface area contributed by atoms with Crippen LogP contribution in [0.25, 0.3) is 0 Å². The summed E-state index contributed by atoms with van der Waals surface area (Å²) < 4.78 is 0. The lowest BCUT2D eigenvalue weighted by atomic mass is 10.0. The predicted octanol–water partition coefficient (Wildman–Crippen LogP) is 3.00. The fraction of sp³-hybridized carbons (Fsp3) is 0.300. The fourth-order valence-corrected chi connectivity index (χ4v) is 1.93. The summed E-state index contributed by atoms with van der Waals surface area (Å²) >= 11 is 7.63. The zero-order chi connectivity index (χ0) is 9.84. The van der Waals surface area contributed by atoms with Crippen LogP contribution in [0.1, 0.15) is 18.1 Å². The minimum Gasteiger partial charge on any atom is -0.300 e. The maximum Gasteiger partial charge on any atom is 0.134 e. The van der Waals surface area contributed by atoms with Crippen molar-refractivity contribution in [1.29, 1.82) is 0 Å². The third kappa shape index (κ3) is 3.16. The van der Waals surface area contributed by atoms with Gasteiger partial charge in [-0.3, -0.25) is 4.79 Å². The van der Waals surface area contributed by atoms with Gasteiger partial charge in [-0.05, 0) is 30.2 Å². The Balaban J connectivity index is 2.99. The van der Waals surface area contributed by atoms with E-state index in [-0.39, 0.29) is 5.78 Å². The van der Waals surface area contributed by atoms with Crippen molar-refractivity contribution in [3.05, 3.63) is 29.3 Å². The second-order valence-corrected chi connectivity index (χ2v) is 4.04. The van der Waals surface area contributed by atoms with Gasteiger partial charge in [0.25, 0.3) is 0 Å². The number of ketones is 1. The first-order chi connectivity index (χ1) is 6.13. The Morgan fingerprint density at radius 3 is 2.69 bits per heavy atom. The molecule has 0 unspecified atom stereocenters.